The van der Waals surface area contributed by atoms with Crippen LogP contribution in [0.15, 0.2) is 23.1 Å². The molecule has 1 aromatic rings. The average Bonchev–Trinajstić information content (AvgIpc) is 2.37. The Kier molecular flexibility index (Phi) is 5.64. The van der Waals surface area contributed by atoms with Crippen LogP contribution in [0.3, 0.4) is 0 Å². The van der Waals surface area contributed by atoms with E-state index in [1.807, 2.05) is 13.8 Å². The van der Waals surface area contributed by atoms with Crippen molar-refractivity contribution in [3.8, 4) is 0 Å². The number of halogens is 1. The molecule has 0 aliphatic carbocycles. The van der Waals surface area contributed by atoms with E-state index in [1.165, 1.54) is 17.9 Å². The summed E-state index contributed by atoms with van der Waals surface area (Å²) in [7, 11) is -3.82. The number of nitrogens with one attached hydrogen (secondary N) is 1. The number of sulfonamides is 1. The van der Waals surface area contributed by atoms with Gasteiger partial charge in [-0.25, -0.2) is 17.5 Å². The highest BCUT2D eigenvalue weighted by Crippen LogP contribution is 2.15. The van der Waals surface area contributed by atoms with Crippen LogP contribution in [-0.4, -0.2) is 38.9 Å². The molecule has 0 aromatic heterocycles. The summed E-state index contributed by atoms with van der Waals surface area (Å²) in [4.78, 5) is 13.3. The van der Waals surface area contributed by atoms with E-state index in [2.05, 4.69) is 4.72 Å². The van der Waals surface area contributed by atoms with Gasteiger partial charge in [-0.15, -0.1) is 0 Å². The Balaban J connectivity index is 2.83. The lowest BCUT2D eigenvalue weighted by Crippen LogP contribution is -2.40. The van der Waals surface area contributed by atoms with Crippen molar-refractivity contribution in [2.75, 3.05) is 19.6 Å². The summed E-state index contributed by atoms with van der Waals surface area (Å²) in [6.07, 6.45) is 0. The van der Waals surface area contributed by atoms with E-state index >= 15 is 0 Å². The number of rotatable bonds is 6. The van der Waals surface area contributed by atoms with Crippen LogP contribution in [0.1, 0.15) is 19.4 Å². The Morgan fingerprint density at radius 2 is 1.90 bits per heavy atom. The number of benzene rings is 1. The van der Waals surface area contributed by atoms with Crippen LogP contribution in [-0.2, 0) is 14.8 Å². The molecule has 1 aromatic carbocycles. The van der Waals surface area contributed by atoms with Crippen molar-refractivity contribution in [2.24, 2.45) is 0 Å². The van der Waals surface area contributed by atoms with Gasteiger partial charge in [-0.05, 0) is 44.5 Å². The van der Waals surface area contributed by atoms with Gasteiger partial charge < -0.3 is 4.90 Å². The van der Waals surface area contributed by atoms with Gasteiger partial charge in [-0.1, -0.05) is 0 Å². The molecule has 0 bridgehead atoms. The lowest BCUT2D eigenvalue weighted by Gasteiger charge is -2.19. The fourth-order valence-electron chi connectivity index (χ4n) is 1.84. The molecule has 0 atom stereocenters. The van der Waals surface area contributed by atoms with Gasteiger partial charge >= 0.3 is 0 Å². The van der Waals surface area contributed by atoms with Crippen molar-refractivity contribution in [1.82, 2.24) is 9.62 Å². The zero-order valence-electron chi connectivity index (χ0n) is 11.8. The zero-order chi connectivity index (χ0) is 15.3. The predicted octanol–water partition coefficient (Wildman–Crippen LogP) is 1.28. The summed E-state index contributed by atoms with van der Waals surface area (Å²) in [5.41, 5.74) is 0.299. The third kappa shape index (κ3) is 4.01. The molecule has 0 spiro atoms. The molecule has 0 heterocycles. The highest BCUT2D eigenvalue weighted by molar-refractivity contribution is 7.89. The van der Waals surface area contributed by atoms with E-state index in [4.69, 9.17) is 0 Å². The van der Waals surface area contributed by atoms with Crippen molar-refractivity contribution in [1.29, 1.82) is 0 Å². The number of nitrogens with zero attached hydrogens (tertiary/aromatic N) is 1. The SMILES string of the molecule is CCN(CC)C(=O)CNS(=O)(=O)c1ccc(F)cc1C. The highest BCUT2D eigenvalue weighted by Gasteiger charge is 2.19. The Hall–Kier alpha value is -1.47. The maximum absolute atomic E-state index is 13.0. The Bertz CT molecular complexity index is 583. The van der Waals surface area contributed by atoms with Gasteiger partial charge in [-0.2, -0.15) is 0 Å². The normalized spacial score (nSPS) is 11.4. The molecular weight excluding hydrogens is 283 g/mol. The van der Waals surface area contributed by atoms with Crippen molar-refractivity contribution < 1.29 is 17.6 Å². The molecule has 20 heavy (non-hydrogen) atoms. The molecule has 0 aliphatic rings. The second-order valence-corrected chi connectivity index (χ2v) is 6.04. The Labute approximate surface area is 118 Å². The largest absolute Gasteiger partial charge is 0.342 e. The van der Waals surface area contributed by atoms with Crippen molar-refractivity contribution >= 4 is 15.9 Å². The first kappa shape index (κ1) is 16.6. The van der Waals surface area contributed by atoms with Gasteiger partial charge in [0.15, 0.2) is 0 Å². The van der Waals surface area contributed by atoms with Crippen LogP contribution in [0.4, 0.5) is 4.39 Å². The molecule has 1 N–H and O–H groups in total. The number of carbonyl (C=O) groups is 1. The number of hydrogen-bond acceptors (Lipinski definition) is 3. The molecule has 0 unspecified atom stereocenters. The fraction of sp³-hybridized carbons (Fsp3) is 0.462. The number of hydrogen-bond donors (Lipinski definition) is 1. The van der Waals surface area contributed by atoms with Gasteiger partial charge in [0.25, 0.3) is 0 Å². The van der Waals surface area contributed by atoms with Crippen molar-refractivity contribution in [3.05, 3.63) is 29.6 Å². The second kappa shape index (κ2) is 6.81. The molecule has 1 rings (SSSR count). The summed E-state index contributed by atoms with van der Waals surface area (Å²) in [5, 5.41) is 0. The van der Waals surface area contributed by atoms with Crippen LogP contribution >= 0.6 is 0 Å². The minimum Gasteiger partial charge on any atom is -0.342 e. The predicted molar refractivity (Wildman–Crippen MR) is 74.3 cm³/mol. The number of carbonyl (C=O) groups excluding carboxylic acids is 1. The van der Waals surface area contributed by atoms with Gasteiger partial charge in [0, 0.05) is 13.1 Å². The number of likely N-dealkylation sites (N-methyl/N-ethyl adjacent to an activating group) is 1. The van der Waals surface area contributed by atoms with Crippen LogP contribution in [0, 0.1) is 12.7 Å². The maximum Gasteiger partial charge on any atom is 0.241 e. The van der Waals surface area contributed by atoms with Crippen molar-refractivity contribution in [2.45, 2.75) is 25.7 Å². The standard InChI is InChI=1S/C13H19FN2O3S/c1-4-16(5-2)13(17)9-15-20(18,19)12-7-6-11(14)8-10(12)3/h6-8,15H,4-5,9H2,1-3H3. The van der Waals surface area contributed by atoms with E-state index < -0.39 is 15.8 Å². The van der Waals surface area contributed by atoms with Crippen LogP contribution in [0.25, 0.3) is 0 Å². The first-order valence-corrected chi connectivity index (χ1v) is 7.83. The summed E-state index contributed by atoms with van der Waals surface area (Å²) in [6.45, 7) is 5.88. The quantitative estimate of drug-likeness (QED) is 0.861. The lowest BCUT2D eigenvalue weighted by molar-refractivity contribution is -0.129. The van der Waals surface area contributed by atoms with Gasteiger partial charge in [0.2, 0.25) is 15.9 Å². The molecule has 0 saturated carbocycles. The summed E-state index contributed by atoms with van der Waals surface area (Å²) < 4.78 is 39.3. The zero-order valence-corrected chi connectivity index (χ0v) is 12.6. The van der Waals surface area contributed by atoms with Crippen LogP contribution in [0.2, 0.25) is 0 Å². The van der Waals surface area contributed by atoms with E-state index in [9.17, 15) is 17.6 Å². The van der Waals surface area contributed by atoms with Crippen molar-refractivity contribution in [3.63, 3.8) is 0 Å². The summed E-state index contributed by atoms with van der Waals surface area (Å²) >= 11 is 0. The van der Waals surface area contributed by atoms with E-state index in [0.717, 1.165) is 12.1 Å². The van der Waals surface area contributed by atoms with Crippen LogP contribution < -0.4 is 4.72 Å². The molecule has 5 nitrogen and oxygen atoms in total. The highest BCUT2D eigenvalue weighted by atomic mass is 32.2. The van der Waals surface area contributed by atoms with Crippen LogP contribution in [0.5, 0.6) is 0 Å². The molecular formula is C13H19FN2O3S. The number of aryl methyl sites for hydroxylation is 1. The topological polar surface area (TPSA) is 66.5 Å². The number of amides is 1. The monoisotopic (exact) mass is 302 g/mol. The minimum atomic E-state index is -3.82. The molecule has 1 amide bonds. The third-order valence-electron chi connectivity index (χ3n) is 2.96. The average molecular weight is 302 g/mol. The molecule has 0 aliphatic heterocycles. The van der Waals surface area contributed by atoms with Gasteiger partial charge in [-0.3, -0.25) is 4.79 Å². The first-order valence-electron chi connectivity index (χ1n) is 6.35. The summed E-state index contributed by atoms with van der Waals surface area (Å²) in [5.74, 6) is -0.793. The Morgan fingerprint density at radius 1 is 1.30 bits per heavy atom. The van der Waals surface area contributed by atoms with E-state index in [1.54, 1.807) is 0 Å². The second-order valence-electron chi connectivity index (χ2n) is 4.30. The summed E-state index contributed by atoms with van der Waals surface area (Å²) in [6, 6.07) is 3.41. The van der Waals surface area contributed by atoms with Gasteiger partial charge in [0.05, 0.1) is 11.4 Å². The van der Waals surface area contributed by atoms with E-state index in [-0.39, 0.29) is 17.3 Å². The molecule has 7 heteroatoms. The first-order chi connectivity index (χ1) is 9.31. The van der Waals surface area contributed by atoms with E-state index in [0.29, 0.717) is 18.7 Å². The Morgan fingerprint density at radius 3 is 2.40 bits per heavy atom. The van der Waals surface area contributed by atoms with Gasteiger partial charge in [0.1, 0.15) is 5.82 Å². The molecule has 112 valence electrons. The minimum absolute atomic E-state index is 0.0220. The molecule has 0 saturated heterocycles. The molecule has 0 radical (unpaired) electrons. The lowest BCUT2D eigenvalue weighted by atomic mass is 10.2. The smallest absolute Gasteiger partial charge is 0.241 e. The third-order valence-corrected chi connectivity index (χ3v) is 4.52. The fourth-order valence-corrected chi connectivity index (χ4v) is 3.04. The maximum atomic E-state index is 13.0. The molecule has 0 fully saturated rings.